The van der Waals surface area contributed by atoms with Crippen LogP contribution in [0.25, 0.3) is 0 Å². The molecule has 1 aliphatic rings. The summed E-state index contributed by atoms with van der Waals surface area (Å²) in [7, 11) is 0.873. The summed E-state index contributed by atoms with van der Waals surface area (Å²) in [6, 6.07) is 5.30. The predicted octanol–water partition coefficient (Wildman–Crippen LogP) is 3.45. The summed E-state index contributed by atoms with van der Waals surface area (Å²) in [5, 5.41) is 6.70. The van der Waals surface area contributed by atoms with Gasteiger partial charge in [-0.2, -0.15) is 13.2 Å². The maximum absolute atomic E-state index is 12.6. The minimum absolute atomic E-state index is 0.211. The molecule has 0 aromatic heterocycles. The Hall–Kier alpha value is -1.57. The highest BCUT2D eigenvalue weighted by molar-refractivity contribution is 7.85. The van der Waals surface area contributed by atoms with Gasteiger partial charge in [-0.15, -0.1) is 0 Å². The summed E-state index contributed by atoms with van der Waals surface area (Å²) in [5.74, 6) is 1.29. The van der Waals surface area contributed by atoms with Crippen molar-refractivity contribution in [3.8, 4) is 0 Å². The number of rotatable bonds is 5. The van der Waals surface area contributed by atoms with Crippen molar-refractivity contribution >= 4 is 16.8 Å². The van der Waals surface area contributed by atoms with E-state index in [1.54, 1.807) is 7.05 Å². The largest absolute Gasteiger partial charge is 0.416 e. The Labute approximate surface area is 155 Å². The number of halogens is 3. The third-order valence-electron chi connectivity index (χ3n) is 4.59. The van der Waals surface area contributed by atoms with E-state index in [1.165, 1.54) is 12.1 Å². The van der Waals surface area contributed by atoms with Crippen LogP contribution in [-0.2, 0) is 23.5 Å². The Bertz CT molecular complexity index is 632. The number of hydrogen-bond acceptors (Lipinski definition) is 2. The first-order valence-electron chi connectivity index (χ1n) is 8.84. The van der Waals surface area contributed by atoms with Crippen LogP contribution in [-0.4, -0.2) is 34.3 Å². The molecule has 0 spiro atoms. The third kappa shape index (κ3) is 6.00. The molecule has 146 valence electrons. The molecule has 8 heteroatoms. The number of nitrogens with one attached hydrogen (secondary N) is 2. The molecular weight excluding hydrogens is 363 g/mol. The molecule has 0 aliphatic heterocycles. The Morgan fingerprint density at radius 2 is 1.96 bits per heavy atom. The highest BCUT2D eigenvalue weighted by atomic mass is 32.2. The maximum atomic E-state index is 12.6. The van der Waals surface area contributed by atoms with Crippen LogP contribution in [0.15, 0.2) is 29.3 Å². The molecule has 3 unspecified atom stereocenters. The van der Waals surface area contributed by atoms with Gasteiger partial charge in [-0.1, -0.05) is 25.5 Å². The molecular formula is C18H26F3N3OS. The summed E-state index contributed by atoms with van der Waals surface area (Å²) in [5.41, 5.74) is 0.0930. The van der Waals surface area contributed by atoms with Gasteiger partial charge in [0.25, 0.3) is 0 Å². The second kappa shape index (κ2) is 9.39. The van der Waals surface area contributed by atoms with Crippen LogP contribution in [0.3, 0.4) is 0 Å². The number of guanidine groups is 1. The summed E-state index contributed by atoms with van der Waals surface area (Å²) in [6.07, 6.45) is -0.445. The van der Waals surface area contributed by atoms with Crippen molar-refractivity contribution in [1.82, 2.24) is 10.6 Å². The molecule has 4 nitrogen and oxygen atoms in total. The van der Waals surface area contributed by atoms with Gasteiger partial charge in [-0.05, 0) is 37.0 Å². The lowest BCUT2D eigenvalue weighted by Gasteiger charge is -2.30. The summed E-state index contributed by atoms with van der Waals surface area (Å²) in [6.45, 7) is 2.33. The lowest BCUT2D eigenvalue weighted by molar-refractivity contribution is -0.137. The van der Waals surface area contributed by atoms with E-state index in [0.29, 0.717) is 18.3 Å². The van der Waals surface area contributed by atoms with Gasteiger partial charge in [0.2, 0.25) is 0 Å². The Balaban J connectivity index is 1.87. The lowest BCUT2D eigenvalue weighted by Crippen LogP contribution is -2.46. The number of hydrogen-bond donors (Lipinski definition) is 2. The molecule has 26 heavy (non-hydrogen) atoms. The van der Waals surface area contributed by atoms with E-state index in [0.717, 1.165) is 43.4 Å². The van der Waals surface area contributed by atoms with E-state index in [2.05, 4.69) is 15.6 Å². The van der Waals surface area contributed by atoms with Gasteiger partial charge in [0, 0.05) is 41.4 Å². The zero-order valence-electron chi connectivity index (χ0n) is 15.1. The number of nitrogens with zero attached hydrogens (tertiary/aromatic N) is 1. The highest BCUT2D eigenvalue weighted by Gasteiger charge is 2.30. The van der Waals surface area contributed by atoms with Crippen LogP contribution < -0.4 is 10.6 Å². The fourth-order valence-corrected chi connectivity index (χ4v) is 4.48. The summed E-state index contributed by atoms with van der Waals surface area (Å²) >= 11 is 0. The van der Waals surface area contributed by atoms with Gasteiger partial charge in [0.15, 0.2) is 5.96 Å². The predicted molar refractivity (Wildman–Crippen MR) is 99.5 cm³/mol. The normalized spacial score (nSPS) is 22.7. The molecule has 1 fully saturated rings. The lowest BCUT2D eigenvalue weighted by atomic mass is 9.95. The monoisotopic (exact) mass is 389 g/mol. The summed E-state index contributed by atoms with van der Waals surface area (Å²) < 4.78 is 49.8. The van der Waals surface area contributed by atoms with Gasteiger partial charge >= 0.3 is 6.18 Å². The smallest absolute Gasteiger partial charge is 0.354 e. The van der Waals surface area contributed by atoms with Crippen LogP contribution in [0.1, 0.15) is 43.7 Å². The molecule has 1 aliphatic carbocycles. The fraction of sp³-hybridized carbons (Fsp3) is 0.611. The van der Waals surface area contributed by atoms with Crippen molar-refractivity contribution in [2.45, 2.75) is 56.6 Å². The first kappa shape index (κ1) is 20.7. The molecule has 0 heterocycles. The molecule has 1 aromatic rings. The van der Waals surface area contributed by atoms with E-state index < -0.39 is 22.5 Å². The standard InChI is InChI=1S/C18H26F3N3OS/c1-3-26(25)16-6-4-5-15(11-16)24-17(22-2)23-12-13-7-9-14(10-8-13)18(19,20)21/h7-10,15-16H,3-6,11-12H2,1-2H3,(H2,22,23,24). The molecule has 0 saturated heterocycles. The zero-order chi connectivity index (χ0) is 19.2. The molecule has 0 amide bonds. The average Bonchev–Trinajstić information content (AvgIpc) is 2.64. The van der Waals surface area contributed by atoms with Crippen molar-refractivity contribution in [2.24, 2.45) is 4.99 Å². The Morgan fingerprint density at radius 1 is 1.27 bits per heavy atom. The molecule has 1 saturated carbocycles. The Morgan fingerprint density at radius 3 is 2.54 bits per heavy atom. The van der Waals surface area contributed by atoms with Gasteiger partial charge < -0.3 is 10.6 Å². The molecule has 2 rings (SSSR count). The molecule has 3 atom stereocenters. The van der Waals surface area contributed by atoms with Crippen LogP contribution >= 0.6 is 0 Å². The van der Waals surface area contributed by atoms with E-state index in [9.17, 15) is 17.4 Å². The second-order valence-corrected chi connectivity index (χ2v) is 8.43. The van der Waals surface area contributed by atoms with E-state index in [-0.39, 0.29) is 11.3 Å². The van der Waals surface area contributed by atoms with E-state index in [4.69, 9.17) is 0 Å². The second-order valence-electron chi connectivity index (χ2n) is 6.42. The van der Waals surface area contributed by atoms with Crippen LogP contribution in [0.4, 0.5) is 13.2 Å². The molecule has 2 N–H and O–H groups in total. The SMILES string of the molecule is CCS(=O)C1CCCC(NC(=NC)NCc2ccc(C(F)(F)F)cc2)C1. The van der Waals surface area contributed by atoms with Gasteiger partial charge in [0.05, 0.1) is 5.56 Å². The van der Waals surface area contributed by atoms with Gasteiger partial charge in [0.1, 0.15) is 0 Å². The minimum atomic E-state index is -4.32. The van der Waals surface area contributed by atoms with Crippen molar-refractivity contribution < 1.29 is 17.4 Å². The van der Waals surface area contributed by atoms with Crippen molar-refractivity contribution in [1.29, 1.82) is 0 Å². The summed E-state index contributed by atoms with van der Waals surface area (Å²) in [4.78, 5) is 4.18. The molecule has 0 bridgehead atoms. The van der Waals surface area contributed by atoms with Crippen molar-refractivity contribution in [2.75, 3.05) is 12.8 Å². The van der Waals surface area contributed by atoms with Gasteiger partial charge in [-0.3, -0.25) is 9.20 Å². The molecule has 0 radical (unpaired) electrons. The third-order valence-corrected chi connectivity index (χ3v) is 6.33. The van der Waals surface area contributed by atoms with Crippen LogP contribution in [0, 0.1) is 0 Å². The zero-order valence-corrected chi connectivity index (χ0v) is 15.9. The first-order valence-corrected chi connectivity index (χ1v) is 10.2. The highest BCUT2D eigenvalue weighted by Crippen LogP contribution is 2.29. The van der Waals surface area contributed by atoms with E-state index >= 15 is 0 Å². The number of alkyl halides is 3. The fourth-order valence-electron chi connectivity index (χ4n) is 3.14. The van der Waals surface area contributed by atoms with Crippen molar-refractivity contribution in [3.63, 3.8) is 0 Å². The quantitative estimate of drug-likeness (QED) is 0.599. The number of aliphatic imine (C=N–C) groups is 1. The Kier molecular flexibility index (Phi) is 7.49. The average molecular weight is 389 g/mol. The minimum Gasteiger partial charge on any atom is -0.354 e. The topological polar surface area (TPSA) is 53.5 Å². The van der Waals surface area contributed by atoms with Crippen LogP contribution in [0.5, 0.6) is 0 Å². The van der Waals surface area contributed by atoms with Crippen molar-refractivity contribution in [3.05, 3.63) is 35.4 Å². The maximum Gasteiger partial charge on any atom is 0.416 e. The first-order chi connectivity index (χ1) is 12.3. The molecule has 1 aromatic carbocycles. The number of benzene rings is 1. The van der Waals surface area contributed by atoms with Crippen LogP contribution in [0.2, 0.25) is 0 Å². The van der Waals surface area contributed by atoms with E-state index in [1.807, 2.05) is 6.92 Å². The van der Waals surface area contributed by atoms with Gasteiger partial charge in [-0.25, -0.2) is 0 Å².